The van der Waals surface area contributed by atoms with Crippen LogP contribution >= 0.6 is 24.0 Å². The molecule has 132 valence electrons. The van der Waals surface area contributed by atoms with Crippen molar-refractivity contribution >= 4 is 40.0 Å². The van der Waals surface area contributed by atoms with Gasteiger partial charge in [-0.05, 0) is 31.0 Å². The Balaban J connectivity index is 0.00000484. The van der Waals surface area contributed by atoms with Crippen LogP contribution in [0.5, 0.6) is 0 Å². The number of hydrogen-bond acceptors (Lipinski definition) is 3. The van der Waals surface area contributed by atoms with E-state index in [1.807, 2.05) is 6.92 Å². The van der Waals surface area contributed by atoms with Crippen molar-refractivity contribution < 1.29 is 8.42 Å². The average Bonchev–Trinajstić information content (AvgIpc) is 2.50. The Morgan fingerprint density at radius 2 is 1.74 bits per heavy atom. The first-order valence-corrected chi connectivity index (χ1v) is 8.89. The minimum Gasteiger partial charge on any atom is -0.357 e. The standard InChI is InChI=1S/C15H26N4O2S.HI/c1-5-11-17-15(16-6-2)18-12-13-7-9-14(10-8-13)22(20,21)19(3)4;/h7-10H,5-6,11-12H2,1-4H3,(H2,16,17,18);1H. The number of halogens is 1. The summed E-state index contributed by atoms with van der Waals surface area (Å²) in [5.74, 6) is 0.773. The first kappa shape index (κ1) is 22.1. The summed E-state index contributed by atoms with van der Waals surface area (Å²) < 4.78 is 25.2. The number of nitrogens with zero attached hydrogens (tertiary/aromatic N) is 2. The Kier molecular flexibility index (Phi) is 10.4. The van der Waals surface area contributed by atoms with Crippen molar-refractivity contribution in [1.82, 2.24) is 14.9 Å². The molecule has 0 bridgehead atoms. The molecule has 23 heavy (non-hydrogen) atoms. The Morgan fingerprint density at radius 1 is 1.13 bits per heavy atom. The lowest BCUT2D eigenvalue weighted by Crippen LogP contribution is -2.37. The summed E-state index contributed by atoms with van der Waals surface area (Å²) in [5.41, 5.74) is 0.964. The third kappa shape index (κ3) is 7.05. The minimum atomic E-state index is -3.37. The van der Waals surface area contributed by atoms with Gasteiger partial charge in [0.1, 0.15) is 0 Å². The van der Waals surface area contributed by atoms with E-state index in [2.05, 4.69) is 22.5 Å². The molecule has 0 aromatic heterocycles. The Morgan fingerprint density at radius 3 is 2.22 bits per heavy atom. The maximum atomic E-state index is 12.0. The first-order valence-electron chi connectivity index (χ1n) is 7.45. The highest BCUT2D eigenvalue weighted by Crippen LogP contribution is 2.14. The van der Waals surface area contributed by atoms with Crippen LogP contribution in [-0.4, -0.2) is 45.9 Å². The second kappa shape index (κ2) is 10.8. The van der Waals surface area contributed by atoms with Gasteiger partial charge in [-0.1, -0.05) is 19.1 Å². The van der Waals surface area contributed by atoms with Gasteiger partial charge >= 0.3 is 0 Å². The van der Waals surface area contributed by atoms with E-state index in [4.69, 9.17) is 0 Å². The van der Waals surface area contributed by atoms with Crippen molar-refractivity contribution in [2.45, 2.75) is 31.7 Å². The van der Waals surface area contributed by atoms with Gasteiger partial charge in [-0.2, -0.15) is 0 Å². The normalized spacial score (nSPS) is 12.0. The largest absolute Gasteiger partial charge is 0.357 e. The van der Waals surface area contributed by atoms with Crippen molar-refractivity contribution in [3.8, 4) is 0 Å². The molecule has 0 radical (unpaired) electrons. The van der Waals surface area contributed by atoms with E-state index in [1.165, 1.54) is 18.4 Å². The predicted molar refractivity (Wildman–Crippen MR) is 106 cm³/mol. The molecule has 1 aromatic carbocycles. The third-order valence-electron chi connectivity index (χ3n) is 3.01. The molecule has 0 aliphatic heterocycles. The summed E-state index contributed by atoms with van der Waals surface area (Å²) in [6.07, 6.45) is 1.03. The average molecular weight is 454 g/mol. The molecule has 0 atom stereocenters. The van der Waals surface area contributed by atoms with Gasteiger partial charge in [0.2, 0.25) is 10.0 Å². The zero-order chi connectivity index (χ0) is 16.6. The van der Waals surface area contributed by atoms with Crippen molar-refractivity contribution in [3.63, 3.8) is 0 Å². The molecule has 2 N–H and O–H groups in total. The summed E-state index contributed by atoms with van der Waals surface area (Å²) in [6.45, 7) is 6.28. The van der Waals surface area contributed by atoms with Crippen LogP contribution < -0.4 is 10.6 Å². The second-order valence-corrected chi connectivity index (χ2v) is 7.21. The van der Waals surface area contributed by atoms with Gasteiger partial charge in [0.15, 0.2) is 5.96 Å². The fraction of sp³-hybridized carbons (Fsp3) is 0.533. The van der Waals surface area contributed by atoms with E-state index in [0.717, 1.165) is 31.0 Å². The molecule has 0 aliphatic rings. The summed E-state index contributed by atoms with van der Waals surface area (Å²) >= 11 is 0. The highest BCUT2D eigenvalue weighted by molar-refractivity contribution is 14.0. The molecule has 1 rings (SSSR count). The molecule has 1 aromatic rings. The van der Waals surface area contributed by atoms with E-state index in [0.29, 0.717) is 11.4 Å². The van der Waals surface area contributed by atoms with Crippen molar-refractivity contribution in [3.05, 3.63) is 29.8 Å². The lowest BCUT2D eigenvalue weighted by atomic mass is 10.2. The molecule has 0 saturated heterocycles. The smallest absolute Gasteiger partial charge is 0.242 e. The molecular weight excluding hydrogens is 427 g/mol. The molecule has 0 amide bonds. The van der Waals surface area contributed by atoms with Gasteiger partial charge in [-0.15, -0.1) is 24.0 Å². The van der Waals surface area contributed by atoms with Crippen LogP contribution in [-0.2, 0) is 16.6 Å². The number of benzene rings is 1. The molecule has 0 aliphatic carbocycles. The van der Waals surface area contributed by atoms with Crippen LogP contribution in [0.4, 0.5) is 0 Å². The fourth-order valence-electron chi connectivity index (χ4n) is 1.73. The van der Waals surface area contributed by atoms with Gasteiger partial charge in [-0.25, -0.2) is 17.7 Å². The summed E-state index contributed by atoms with van der Waals surface area (Å²) in [6, 6.07) is 6.83. The number of nitrogens with one attached hydrogen (secondary N) is 2. The predicted octanol–water partition coefficient (Wildman–Crippen LogP) is 2.02. The number of aliphatic imine (C=N–C) groups is 1. The van der Waals surface area contributed by atoms with E-state index >= 15 is 0 Å². The van der Waals surface area contributed by atoms with Crippen LogP contribution in [0, 0.1) is 0 Å². The maximum absolute atomic E-state index is 12.0. The number of guanidine groups is 1. The zero-order valence-corrected chi connectivity index (χ0v) is 17.3. The number of sulfonamides is 1. The van der Waals surface area contributed by atoms with Crippen molar-refractivity contribution in [2.75, 3.05) is 27.2 Å². The van der Waals surface area contributed by atoms with Gasteiger partial charge in [0.25, 0.3) is 0 Å². The molecule has 0 fully saturated rings. The van der Waals surface area contributed by atoms with Crippen LogP contribution in [0.3, 0.4) is 0 Å². The van der Waals surface area contributed by atoms with Gasteiger partial charge in [0, 0.05) is 27.2 Å². The van der Waals surface area contributed by atoms with Gasteiger partial charge < -0.3 is 10.6 Å². The van der Waals surface area contributed by atoms with E-state index in [9.17, 15) is 8.42 Å². The quantitative estimate of drug-likeness (QED) is 0.376. The maximum Gasteiger partial charge on any atom is 0.242 e. The van der Waals surface area contributed by atoms with Crippen molar-refractivity contribution in [2.24, 2.45) is 4.99 Å². The summed E-state index contributed by atoms with van der Waals surface area (Å²) in [4.78, 5) is 4.78. The van der Waals surface area contributed by atoms with Crippen LogP contribution in [0.1, 0.15) is 25.8 Å². The summed E-state index contributed by atoms with van der Waals surface area (Å²) in [5, 5.41) is 6.40. The monoisotopic (exact) mass is 454 g/mol. The highest BCUT2D eigenvalue weighted by Gasteiger charge is 2.16. The Labute approximate surface area is 156 Å². The molecule has 0 unspecified atom stereocenters. The van der Waals surface area contributed by atoms with Gasteiger partial charge in [-0.3, -0.25) is 0 Å². The Hall–Kier alpha value is -0.870. The van der Waals surface area contributed by atoms with E-state index in [1.54, 1.807) is 24.3 Å². The lowest BCUT2D eigenvalue weighted by molar-refractivity contribution is 0.520. The first-order chi connectivity index (χ1) is 10.4. The van der Waals surface area contributed by atoms with E-state index < -0.39 is 10.0 Å². The van der Waals surface area contributed by atoms with Gasteiger partial charge in [0.05, 0.1) is 11.4 Å². The molecular formula is C15H27IN4O2S. The summed E-state index contributed by atoms with van der Waals surface area (Å²) in [7, 11) is -0.326. The minimum absolute atomic E-state index is 0. The lowest BCUT2D eigenvalue weighted by Gasteiger charge is -2.12. The fourth-order valence-corrected chi connectivity index (χ4v) is 2.63. The SMILES string of the molecule is CCCNC(=NCc1ccc(S(=O)(=O)N(C)C)cc1)NCC.I. The number of hydrogen-bond donors (Lipinski definition) is 2. The van der Waals surface area contributed by atoms with E-state index in [-0.39, 0.29) is 24.0 Å². The molecule has 6 nitrogen and oxygen atoms in total. The second-order valence-electron chi connectivity index (χ2n) is 5.05. The Bertz CT molecular complexity index is 586. The molecule has 0 spiro atoms. The molecule has 0 saturated carbocycles. The zero-order valence-electron chi connectivity index (χ0n) is 14.2. The third-order valence-corrected chi connectivity index (χ3v) is 4.84. The molecule has 8 heteroatoms. The molecule has 0 heterocycles. The number of rotatable bonds is 7. The topological polar surface area (TPSA) is 73.8 Å². The van der Waals surface area contributed by atoms with Crippen LogP contribution in [0.2, 0.25) is 0 Å². The van der Waals surface area contributed by atoms with Crippen LogP contribution in [0.15, 0.2) is 34.2 Å². The van der Waals surface area contributed by atoms with Crippen molar-refractivity contribution in [1.29, 1.82) is 0 Å². The highest BCUT2D eigenvalue weighted by atomic mass is 127. The van der Waals surface area contributed by atoms with Crippen LogP contribution in [0.25, 0.3) is 0 Å².